The van der Waals surface area contributed by atoms with Gasteiger partial charge in [0.25, 0.3) is 5.91 Å². The fourth-order valence-electron chi connectivity index (χ4n) is 4.06. The van der Waals surface area contributed by atoms with Crippen molar-refractivity contribution in [2.24, 2.45) is 0 Å². The summed E-state index contributed by atoms with van der Waals surface area (Å²) in [4.78, 5) is 19.4. The smallest absolute Gasteiger partial charge is 0.433 e. The number of nitrogens with zero attached hydrogens (tertiary/aromatic N) is 4. The second-order valence-electron chi connectivity index (χ2n) is 7.50. The van der Waals surface area contributed by atoms with E-state index in [1.165, 1.54) is 12.3 Å². The largest absolute Gasteiger partial charge is 0.463 e. The number of benzene rings is 1. The molecule has 4 heterocycles. The zero-order chi connectivity index (χ0) is 22.5. The topological polar surface area (TPSA) is 63.6 Å². The van der Waals surface area contributed by atoms with E-state index in [0.29, 0.717) is 16.1 Å². The lowest BCUT2D eigenvalue weighted by Crippen LogP contribution is -2.30. The number of alkyl halides is 3. The lowest BCUT2D eigenvalue weighted by atomic mass is 10.0. The Balaban J connectivity index is 1.60. The van der Waals surface area contributed by atoms with E-state index in [9.17, 15) is 18.0 Å². The Bertz CT molecular complexity index is 1280. The van der Waals surface area contributed by atoms with Crippen LogP contribution < -0.4 is 0 Å². The van der Waals surface area contributed by atoms with Crippen molar-refractivity contribution < 1.29 is 22.4 Å². The minimum Gasteiger partial charge on any atom is -0.463 e. The summed E-state index contributed by atoms with van der Waals surface area (Å²) < 4.78 is 47.1. The average molecular weight is 461 g/mol. The molecule has 164 valence electrons. The van der Waals surface area contributed by atoms with Gasteiger partial charge in [-0.2, -0.15) is 18.3 Å². The highest BCUT2D eigenvalue weighted by atomic mass is 35.5. The molecule has 1 fully saturated rings. The summed E-state index contributed by atoms with van der Waals surface area (Å²) in [5.41, 5.74) is -0.316. The van der Waals surface area contributed by atoms with Crippen LogP contribution in [0.15, 0.2) is 59.3 Å². The van der Waals surface area contributed by atoms with Gasteiger partial charge in [-0.3, -0.25) is 4.79 Å². The lowest BCUT2D eigenvalue weighted by molar-refractivity contribution is -0.142. The molecule has 0 bridgehead atoms. The molecule has 0 N–H and O–H groups in total. The van der Waals surface area contributed by atoms with Gasteiger partial charge in [-0.1, -0.05) is 23.7 Å². The summed E-state index contributed by atoms with van der Waals surface area (Å²) in [6.07, 6.45) is -0.697. The minimum absolute atomic E-state index is 0.00442. The number of carbonyl (C=O) groups is 1. The maximum Gasteiger partial charge on any atom is 0.433 e. The van der Waals surface area contributed by atoms with E-state index in [2.05, 4.69) is 10.1 Å². The predicted octanol–water partition coefficient (Wildman–Crippen LogP) is 5.64. The number of halogens is 4. The number of rotatable bonds is 3. The van der Waals surface area contributed by atoms with E-state index in [1.807, 2.05) is 12.1 Å². The van der Waals surface area contributed by atoms with E-state index in [1.54, 1.807) is 23.1 Å². The van der Waals surface area contributed by atoms with Crippen LogP contribution in [0.1, 0.15) is 40.5 Å². The minimum atomic E-state index is -4.70. The summed E-state index contributed by atoms with van der Waals surface area (Å²) in [6, 6.07) is 10.9. The Morgan fingerprint density at radius 3 is 2.66 bits per heavy atom. The number of hydrogen-bond acceptors (Lipinski definition) is 4. The van der Waals surface area contributed by atoms with Crippen LogP contribution in [0.5, 0.6) is 0 Å². The van der Waals surface area contributed by atoms with Crippen molar-refractivity contribution in [2.45, 2.75) is 25.1 Å². The molecular formula is C22H16ClF3N4O2. The van der Waals surface area contributed by atoms with Gasteiger partial charge >= 0.3 is 6.18 Å². The summed E-state index contributed by atoms with van der Waals surface area (Å²) >= 11 is 5.97. The number of aromatic nitrogens is 3. The molecule has 4 aromatic rings. The monoisotopic (exact) mass is 460 g/mol. The highest BCUT2D eigenvalue weighted by Crippen LogP contribution is 2.36. The standard InChI is InChI=1S/C22H16ClF3N4O2/c23-14-7-5-13(6-8-14)17-3-1-9-29(17)21(31)15-12-27-30-19(22(24,25)26)11-16(28-20(15)30)18-4-2-10-32-18/h2,4-8,10-12,17H,1,3,9H2. The van der Waals surface area contributed by atoms with Crippen LogP contribution >= 0.6 is 11.6 Å². The maximum atomic E-state index is 13.7. The van der Waals surface area contributed by atoms with Gasteiger partial charge in [0.05, 0.1) is 18.5 Å². The lowest BCUT2D eigenvalue weighted by Gasteiger charge is -2.25. The second kappa shape index (κ2) is 7.67. The Morgan fingerprint density at radius 2 is 1.97 bits per heavy atom. The van der Waals surface area contributed by atoms with Crippen molar-refractivity contribution in [3.05, 3.63) is 76.8 Å². The van der Waals surface area contributed by atoms with Crippen molar-refractivity contribution in [3.8, 4) is 11.5 Å². The number of likely N-dealkylation sites (tertiary alicyclic amines) is 1. The Kier molecular flexibility index (Phi) is 4.93. The SMILES string of the molecule is O=C(c1cnn2c(C(F)(F)F)cc(-c3ccco3)nc12)N1CCCC1c1ccc(Cl)cc1. The van der Waals surface area contributed by atoms with Gasteiger partial charge in [-0.25, -0.2) is 9.50 Å². The zero-order valence-electron chi connectivity index (χ0n) is 16.5. The van der Waals surface area contributed by atoms with Gasteiger partial charge in [-0.05, 0) is 48.7 Å². The Hall–Kier alpha value is -3.33. The van der Waals surface area contributed by atoms with E-state index in [4.69, 9.17) is 16.0 Å². The summed E-state index contributed by atoms with van der Waals surface area (Å²) in [5.74, 6) is -0.257. The molecule has 3 aromatic heterocycles. The average Bonchev–Trinajstić information content (AvgIpc) is 3.52. The van der Waals surface area contributed by atoms with Crippen LogP contribution in [0.2, 0.25) is 5.02 Å². The molecule has 6 nitrogen and oxygen atoms in total. The third-order valence-corrected chi connectivity index (χ3v) is 5.79. The van der Waals surface area contributed by atoms with Gasteiger partial charge < -0.3 is 9.32 Å². The molecule has 0 radical (unpaired) electrons. The van der Waals surface area contributed by atoms with Gasteiger partial charge in [0.15, 0.2) is 17.1 Å². The first-order chi connectivity index (χ1) is 15.3. The van der Waals surface area contributed by atoms with Crippen molar-refractivity contribution in [1.82, 2.24) is 19.5 Å². The van der Waals surface area contributed by atoms with Crippen LogP contribution in [0.4, 0.5) is 13.2 Å². The number of carbonyl (C=O) groups excluding carboxylic acids is 1. The molecule has 32 heavy (non-hydrogen) atoms. The zero-order valence-corrected chi connectivity index (χ0v) is 17.3. The molecule has 1 saturated heterocycles. The third kappa shape index (κ3) is 3.52. The van der Waals surface area contributed by atoms with E-state index >= 15 is 0 Å². The molecule has 1 aromatic carbocycles. The molecule has 0 spiro atoms. The summed E-state index contributed by atoms with van der Waals surface area (Å²) in [5, 5.41) is 4.43. The fraction of sp³-hybridized carbons (Fsp3) is 0.227. The fourth-order valence-corrected chi connectivity index (χ4v) is 4.19. The van der Waals surface area contributed by atoms with Crippen LogP contribution in [0.25, 0.3) is 17.1 Å². The summed E-state index contributed by atoms with van der Waals surface area (Å²) in [7, 11) is 0. The quantitative estimate of drug-likeness (QED) is 0.397. The Morgan fingerprint density at radius 1 is 1.19 bits per heavy atom. The molecule has 5 rings (SSSR count). The number of furan rings is 1. The maximum absolute atomic E-state index is 13.7. The highest BCUT2D eigenvalue weighted by Gasteiger charge is 2.38. The predicted molar refractivity (Wildman–Crippen MR) is 110 cm³/mol. The van der Waals surface area contributed by atoms with Crippen LogP contribution in [-0.2, 0) is 6.18 Å². The molecule has 0 saturated carbocycles. The van der Waals surface area contributed by atoms with Crippen LogP contribution in [-0.4, -0.2) is 31.9 Å². The molecule has 1 unspecified atom stereocenters. The number of hydrogen-bond donors (Lipinski definition) is 0. The molecule has 1 aliphatic heterocycles. The van der Waals surface area contributed by atoms with Crippen LogP contribution in [0.3, 0.4) is 0 Å². The third-order valence-electron chi connectivity index (χ3n) is 5.53. The van der Waals surface area contributed by atoms with E-state index in [0.717, 1.165) is 30.7 Å². The van der Waals surface area contributed by atoms with Gasteiger partial charge in [0, 0.05) is 11.6 Å². The molecule has 1 atom stereocenters. The molecular weight excluding hydrogens is 445 g/mol. The second-order valence-corrected chi connectivity index (χ2v) is 7.94. The number of fused-ring (bicyclic) bond motifs is 1. The Labute approximate surface area is 185 Å². The van der Waals surface area contributed by atoms with Gasteiger partial charge in [0.1, 0.15) is 11.3 Å². The van der Waals surface area contributed by atoms with Crippen molar-refractivity contribution in [3.63, 3.8) is 0 Å². The molecule has 10 heteroatoms. The van der Waals surface area contributed by atoms with Crippen molar-refractivity contribution in [1.29, 1.82) is 0 Å². The number of amides is 1. The summed E-state index contributed by atoms with van der Waals surface area (Å²) in [6.45, 7) is 0.480. The molecule has 1 aliphatic rings. The van der Waals surface area contributed by atoms with Gasteiger partial charge in [-0.15, -0.1) is 0 Å². The normalized spacial score (nSPS) is 16.8. The first kappa shape index (κ1) is 20.6. The van der Waals surface area contributed by atoms with Crippen molar-refractivity contribution >= 4 is 23.2 Å². The van der Waals surface area contributed by atoms with Crippen molar-refractivity contribution in [2.75, 3.05) is 6.54 Å². The van der Waals surface area contributed by atoms with Crippen LogP contribution in [0, 0.1) is 0 Å². The highest BCUT2D eigenvalue weighted by molar-refractivity contribution is 6.30. The van der Waals surface area contributed by atoms with E-state index in [-0.39, 0.29) is 28.7 Å². The van der Waals surface area contributed by atoms with Gasteiger partial charge in [0.2, 0.25) is 0 Å². The first-order valence-electron chi connectivity index (χ1n) is 9.89. The van der Waals surface area contributed by atoms with E-state index < -0.39 is 17.8 Å². The molecule has 1 amide bonds. The molecule has 0 aliphatic carbocycles. The first-order valence-corrected chi connectivity index (χ1v) is 10.3.